The van der Waals surface area contributed by atoms with Gasteiger partial charge in [-0.1, -0.05) is 6.07 Å². The molecule has 7 heteroatoms. The lowest BCUT2D eigenvalue weighted by atomic mass is 10.1. The van der Waals surface area contributed by atoms with Crippen molar-refractivity contribution in [3.8, 4) is 5.82 Å². The van der Waals surface area contributed by atoms with Crippen molar-refractivity contribution in [3.05, 3.63) is 63.2 Å². The molecular formula is C21H23N5OS. The lowest BCUT2D eigenvalue weighted by Gasteiger charge is -2.07. The normalized spacial score (nSPS) is 11.3. The van der Waals surface area contributed by atoms with Crippen molar-refractivity contribution in [3.63, 3.8) is 0 Å². The van der Waals surface area contributed by atoms with Crippen molar-refractivity contribution >= 4 is 28.3 Å². The van der Waals surface area contributed by atoms with E-state index >= 15 is 0 Å². The highest BCUT2D eigenvalue weighted by Crippen LogP contribution is 2.27. The Morgan fingerprint density at radius 3 is 2.57 bits per heavy atom. The van der Waals surface area contributed by atoms with Crippen molar-refractivity contribution < 1.29 is 4.79 Å². The highest BCUT2D eigenvalue weighted by Gasteiger charge is 2.19. The van der Waals surface area contributed by atoms with E-state index in [4.69, 9.17) is 10.1 Å². The summed E-state index contributed by atoms with van der Waals surface area (Å²) < 4.78 is 3.83. The molecule has 4 aromatic heterocycles. The summed E-state index contributed by atoms with van der Waals surface area (Å²) in [6, 6.07) is 10.2. The molecule has 0 aliphatic rings. The first-order valence-electron chi connectivity index (χ1n) is 9.23. The van der Waals surface area contributed by atoms with Gasteiger partial charge in [0.15, 0.2) is 11.5 Å². The van der Waals surface area contributed by atoms with Crippen LogP contribution < -0.4 is 5.32 Å². The fraction of sp³-hybridized carbons (Fsp3) is 0.286. The number of rotatable bonds is 5. The summed E-state index contributed by atoms with van der Waals surface area (Å²) >= 11 is 1.63. The molecule has 6 nitrogen and oxygen atoms in total. The van der Waals surface area contributed by atoms with Crippen LogP contribution >= 0.6 is 11.3 Å². The summed E-state index contributed by atoms with van der Waals surface area (Å²) in [5, 5.41) is 10.8. The van der Waals surface area contributed by atoms with Gasteiger partial charge in [0.05, 0.1) is 11.9 Å². The minimum absolute atomic E-state index is 0.0775. The maximum absolute atomic E-state index is 12.5. The molecule has 4 aromatic rings. The molecule has 0 aromatic carbocycles. The summed E-state index contributed by atoms with van der Waals surface area (Å²) in [5.41, 5.74) is 4.97. The number of pyridine rings is 1. The zero-order valence-electron chi connectivity index (χ0n) is 16.5. The van der Waals surface area contributed by atoms with Crippen LogP contribution in [0.25, 0.3) is 16.9 Å². The zero-order chi connectivity index (χ0) is 19.8. The number of nitrogens with one attached hydrogen (secondary N) is 1. The largest absolute Gasteiger partial charge is 0.350 e. The molecule has 0 spiro atoms. The average molecular weight is 394 g/mol. The number of carbonyl (C=O) groups is 1. The molecule has 0 bridgehead atoms. The first-order valence-corrected chi connectivity index (χ1v) is 10.1. The van der Waals surface area contributed by atoms with Gasteiger partial charge in [0, 0.05) is 22.0 Å². The Kier molecular flexibility index (Phi) is 4.77. The van der Waals surface area contributed by atoms with E-state index in [1.54, 1.807) is 16.0 Å². The number of aromatic nitrogens is 4. The van der Waals surface area contributed by atoms with E-state index in [1.165, 1.54) is 0 Å². The second-order valence-electron chi connectivity index (χ2n) is 7.07. The van der Waals surface area contributed by atoms with Crippen molar-refractivity contribution in [2.24, 2.45) is 0 Å². The van der Waals surface area contributed by atoms with Gasteiger partial charge in [-0.3, -0.25) is 4.79 Å². The lowest BCUT2D eigenvalue weighted by molar-refractivity contribution is -0.121. The Hall–Kier alpha value is -2.93. The van der Waals surface area contributed by atoms with Crippen LogP contribution in [0.1, 0.15) is 27.5 Å². The SMILES string of the molecule is Cc1cc(C)c2c(-n3c(C)ccc3C)nn(CC(=O)NCc3cccs3)c2n1. The number of amides is 1. The molecular weight excluding hydrogens is 370 g/mol. The van der Waals surface area contributed by atoms with Gasteiger partial charge in [-0.15, -0.1) is 11.3 Å². The molecule has 4 heterocycles. The first-order chi connectivity index (χ1) is 13.4. The van der Waals surface area contributed by atoms with Crippen LogP contribution in [0.2, 0.25) is 0 Å². The van der Waals surface area contributed by atoms with E-state index in [0.29, 0.717) is 6.54 Å². The van der Waals surface area contributed by atoms with Gasteiger partial charge >= 0.3 is 0 Å². The molecule has 1 N–H and O–H groups in total. The van der Waals surface area contributed by atoms with Crippen LogP contribution in [-0.2, 0) is 17.9 Å². The molecule has 1 amide bonds. The topological polar surface area (TPSA) is 64.7 Å². The number of hydrogen-bond donors (Lipinski definition) is 1. The summed E-state index contributed by atoms with van der Waals surface area (Å²) in [5.74, 6) is 0.748. The number of carbonyl (C=O) groups excluding carboxylic acids is 1. The van der Waals surface area contributed by atoms with E-state index in [-0.39, 0.29) is 12.5 Å². The second kappa shape index (κ2) is 7.24. The molecule has 0 unspecified atom stereocenters. The van der Waals surface area contributed by atoms with E-state index in [2.05, 4.69) is 48.9 Å². The molecule has 0 saturated heterocycles. The molecule has 4 rings (SSSR count). The number of fused-ring (bicyclic) bond motifs is 1. The molecule has 0 aliphatic heterocycles. The second-order valence-corrected chi connectivity index (χ2v) is 8.10. The minimum Gasteiger partial charge on any atom is -0.350 e. The third-order valence-electron chi connectivity index (χ3n) is 4.83. The van der Waals surface area contributed by atoms with Crippen LogP contribution in [0, 0.1) is 27.7 Å². The first kappa shape index (κ1) is 18.4. The summed E-state index contributed by atoms with van der Waals surface area (Å²) in [4.78, 5) is 18.4. The zero-order valence-corrected chi connectivity index (χ0v) is 17.3. The third kappa shape index (κ3) is 3.33. The number of nitrogens with zero attached hydrogens (tertiary/aromatic N) is 4. The smallest absolute Gasteiger partial charge is 0.242 e. The fourth-order valence-electron chi connectivity index (χ4n) is 3.55. The minimum atomic E-state index is -0.0775. The highest BCUT2D eigenvalue weighted by molar-refractivity contribution is 7.09. The van der Waals surface area contributed by atoms with Crippen LogP contribution in [-0.4, -0.2) is 25.2 Å². The quantitative estimate of drug-likeness (QED) is 0.560. The summed E-state index contributed by atoms with van der Waals surface area (Å²) in [6.45, 7) is 8.82. The van der Waals surface area contributed by atoms with Crippen molar-refractivity contribution in [1.29, 1.82) is 0 Å². The van der Waals surface area contributed by atoms with E-state index in [9.17, 15) is 4.79 Å². The Morgan fingerprint density at radius 2 is 1.89 bits per heavy atom. The Morgan fingerprint density at radius 1 is 1.14 bits per heavy atom. The van der Waals surface area contributed by atoms with Crippen LogP contribution in [0.15, 0.2) is 35.7 Å². The maximum atomic E-state index is 12.5. The fourth-order valence-corrected chi connectivity index (χ4v) is 4.20. The molecule has 28 heavy (non-hydrogen) atoms. The van der Waals surface area contributed by atoms with Gasteiger partial charge in [0.1, 0.15) is 6.54 Å². The predicted octanol–water partition coefficient (Wildman–Crippen LogP) is 3.83. The summed E-state index contributed by atoms with van der Waals surface area (Å²) in [6.07, 6.45) is 0. The standard InChI is InChI=1S/C21H23N5OS/c1-13-10-14(2)23-20-19(13)21(26-15(3)7-8-16(26)4)24-25(20)12-18(27)22-11-17-6-5-9-28-17/h5-10H,11-12H2,1-4H3,(H,22,27). The van der Waals surface area contributed by atoms with Crippen LogP contribution in [0.4, 0.5) is 0 Å². The third-order valence-corrected chi connectivity index (χ3v) is 5.70. The molecule has 0 aliphatic carbocycles. The van der Waals surface area contributed by atoms with E-state index in [1.807, 2.05) is 24.4 Å². The molecule has 144 valence electrons. The van der Waals surface area contributed by atoms with E-state index < -0.39 is 0 Å². The number of hydrogen-bond acceptors (Lipinski definition) is 4. The Labute approximate surface area is 167 Å². The maximum Gasteiger partial charge on any atom is 0.242 e. The molecule has 0 atom stereocenters. The molecule has 0 radical (unpaired) electrons. The molecule has 0 saturated carbocycles. The van der Waals surface area contributed by atoms with Gasteiger partial charge < -0.3 is 9.88 Å². The lowest BCUT2D eigenvalue weighted by Crippen LogP contribution is -2.27. The predicted molar refractivity (Wildman–Crippen MR) is 112 cm³/mol. The van der Waals surface area contributed by atoms with Crippen molar-refractivity contribution in [1.82, 2.24) is 24.6 Å². The summed E-state index contributed by atoms with van der Waals surface area (Å²) in [7, 11) is 0. The van der Waals surface area contributed by atoms with Crippen LogP contribution in [0.3, 0.4) is 0 Å². The van der Waals surface area contributed by atoms with Crippen molar-refractivity contribution in [2.75, 3.05) is 0 Å². The molecule has 0 fully saturated rings. The van der Waals surface area contributed by atoms with Gasteiger partial charge in [-0.25, -0.2) is 9.67 Å². The Bertz CT molecular complexity index is 1130. The number of aryl methyl sites for hydroxylation is 4. The van der Waals surface area contributed by atoms with Gasteiger partial charge in [-0.2, -0.15) is 5.10 Å². The van der Waals surface area contributed by atoms with Crippen LogP contribution in [0.5, 0.6) is 0 Å². The van der Waals surface area contributed by atoms with Gasteiger partial charge in [-0.05, 0) is 62.9 Å². The average Bonchev–Trinajstić information content (AvgIpc) is 3.34. The monoisotopic (exact) mass is 393 g/mol. The highest BCUT2D eigenvalue weighted by atomic mass is 32.1. The van der Waals surface area contributed by atoms with E-state index in [0.717, 1.165) is 44.4 Å². The van der Waals surface area contributed by atoms with Crippen molar-refractivity contribution in [2.45, 2.75) is 40.8 Å². The Balaban J connectivity index is 1.73. The van der Waals surface area contributed by atoms with Gasteiger partial charge in [0.25, 0.3) is 0 Å². The number of thiophene rings is 1. The van der Waals surface area contributed by atoms with Gasteiger partial charge in [0.2, 0.25) is 5.91 Å².